The Morgan fingerprint density at radius 1 is 1.67 bits per heavy atom. The van der Waals surface area contributed by atoms with Crippen LogP contribution < -0.4 is 0 Å². The van der Waals surface area contributed by atoms with Crippen LogP contribution in [-0.4, -0.2) is 16.7 Å². The fourth-order valence-corrected chi connectivity index (χ4v) is 1.64. The molecule has 0 aromatic rings. The first-order chi connectivity index (χ1) is 5.61. The van der Waals surface area contributed by atoms with Gasteiger partial charge in [-0.3, -0.25) is 14.9 Å². The van der Waals surface area contributed by atoms with Gasteiger partial charge in [-0.15, -0.1) is 0 Å². The number of carbonyl (C=O) groups excluding carboxylic acids is 1. The molecule has 1 aliphatic carbocycles. The molecule has 2 atom stereocenters. The summed E-state index contributed by atoms with van der Waals surface area (Å²) in [5.74, 6) is 0.154. The van der Waals surface area contributed by atoms with Crippen molar-refractivity contribution in [2.24, 2.45) is 5.92 Å². The van der Waals surface area contributed by atoms with Gasteiger partial charge in [0, 0.05) is 30.6 Å². The molecule has 1 aliphatic rings. The van der Waals surface area contributed by atoms with Gasteiger partial charge < -0.3 is 0 Å². The van der Waals surface area contributed by atoms with E-state index < -0.39 is 6.04 Å². The first-order valence-electron chi connectivity index (χ1n) is 4.26. The molecule has 1 fully saturated rings. The Morgan fingerprint density at radius 3 is 2.83 bits per heavy atom. The van der Waals surface area contributed by atoms with Gasteiger partial charge in [-0.1, -0.05) is 0 Å². The fraction of sp³-hybridized carbons (Fsp3) is 0.875. The molecule has 12 heavy (non-hydrogen) atoms. The van der Waals surface area contributed by atoms with Gasteiger partial charge >= 0.3 is 0 Å². The highest BCUT2D eigenvalue weighted by Crippen LogP contribution is 2.25. The second-order valence-corrected chi connectivity index (χ2v) is 3.42. The fourth-order valence-electron chi connectivity index (χ4n) is 1.64. The van der Waals surface area contributed by atoms with Crippen molar-refractivity contribution in [2.75, 3.05) is 0 Å². The Bertz CT molecular complexity index is 200. The maximum atomic E-state index is 11.0. The summed E-state index contributed by atoms with van der Waals surface area (Å²) in [4.78, 5) is 21.1. The highest BCUT2D eigenvalue weighted by atomic mass is 16.6. The summed E-state index contributed by atoms with van der Waals surface area (Å²) >= 11 is 0. The van der Waals surface area contributed by atoms with Crippen LogP contribution in [-0.2, 0) is 4.79 Å². The Hall–Kier alpha value is -0.930. The SMILES string of the molecule is CC(C1CCCC(=O)C1)[N+](=O)[O-]. The van der Waals surface area contributed by atoms with E-state index in [1.807, 2.05) is 0 Å². The number of nitrogens with zero attached hydrogens (tertiary/aromatic N) is 1. The van der Waals surface area contributed by atoms with Crippen LogP contribution in [0.15, 0.2) is 0 Å². The van der Waals surface area contributed by atoms with Crippen LogP contribution in [0.3, 0.4) is 0 Å². The highest BCUT2D eigenvalue weighted by molar-refractivity contribution is 5.79. The van der Waals surface area contributed by atoms with Gasteiger partial charge in [0.2, 0.25) is 6.04 Å². The van der Waals surface area contributed by atoms with Crippen LogP contribution >= 0.6 is 0 Å². The number of ketones is 1. The maximum Gasteiger partial charge on any atom is 0.213 e. The van der Waals surface area contributed by atoms with Crippen LogP contribution in [0.5, 0.6) is 0 Å². The van der Waals surface area contributed by atoms with Gasteiger partial charge in [-0.25, -0.2) is 0 Å². The first kappa shape index (κ1) is 9.16. The largest absolute Gasteiger partial charge is 0.300 e. The summed E-state index contributed by atoms with van der Waals surface area (Å²) < 4.78 is 0. The molecule has 0 radical (unpaired) electrons. The van der Waals surface area contributed by atoms with Crippen molar-refractivity contribution in [3.63, 3.8) is 0 Å². The molecule has 0 heterocycles. The molecule has 0 amide bonds. The molecule has 0 saturated heterocycles. The average molecular weight is 171 g/mol. The molecular weight excluding hydrogens is 158 g/mol. The van der Waals surface area contributed by atoms with E-state index in [0.29, 0.717) is 12.8 Å². The molecule has 1 saturated carbocycles. The lowest BCUT2D eigenvalue weighted by Gasteiger charge is -2.21. The Labute approximate surface area is 71.1 Å². The molecule has 0 N–H and O–H groups in total. The van der Waals surface area contributed by atoms with Crippen molar-refractivity contribution in [3.8, 4) is 0 Å². The molecular formula is C8H13NO3. The standard InChI is InChI=1S/C8H13NO3/c1-6(9(11)12)7-3-2-4-8(10)5-7/h6-7H,2-5H2,1H3. The average Bonchev–Trinajstić information content (AvgIpc) is 2.03. The summed E-state index contributed by atoms with van der Waals surface area (Å²) in [7, 11) is 0. The molecule has 0 aliphatic heterocycles. The summed E-state index contributed by atoms with van der Waals surface area (Å²) in [5.41, 5.74) is 0. The van der Waals surface area contributed by atoms with E-state index in [2.05, 4.69) is 0 Å². The van der Waals surface area contributed by atoms with Crippen LogP contribution in [0, 0.1) is 16.0 Å². The zero-order valence-electron chi connectivity index (χ0n) is 7.16. The van der Waals surface area contributed by atoms with Crippen LogP contribution in [0.1, 0.15) is 32.6 Å². The first-order valence-corrected chi connectivity index (χ1v) is 4.26. The molecule has 4 nitrogen and oxygen atoms in total. The van der Waals surface area contributed by atoms with E-state index >= 15 is 0 Å². The van der Waals surface area contributed by atoms with Crippen molar-refractivity contribution in [1.29, 1.82) is 0 Å². The zero-order valence-corrected chi connectivity index (χ0v) is 7.16. The van der Waals surface area contributed by atoms with Gasteiger partial charge in [0.1, 0.15) is 5.78 Å². The number of hydrogen-bond donors (Lipinski definition) is 0. The summed E-state index contributed by atoms with van der Waals surface area (Å²) in [6.45, 7) is 1.59. The number of carbonyl (C=O) groups is 1. The monoisotopic (exact) mass is 171 g/mol. The second-order valence-electron chi connectivity index (χ2n) is 3.42. The number of hydrogen-bond acceptors (Lipinski definition) is 3. The van der Waals surface area contributed by atoms with Crippen molar-refractivity contribution in [3.05, 3.63) is 10.1 Å². The van der Waals surface area contributed by atoms with Crippen molar-refractivity contribution >= 4 is 5.78 Å². The van der Waals surface area contributed by atoms with Crippen LogP contribution in [0.4, 0.5) is 0 Å². The molecule has 0 aromatic heterocycles. The van der Waals surface area contributed by atoms with Gasteiger partial charge in [-0.05, 0) is 12.8 Å². The van der Waals surface area contributed by atoms with Crippen molar-refractivity contribution in [1.82, 2.24) is 0 Å². The molecule has 68 valence electrons. The van der Waals surface area contributed by atoms with Crippen molar-refractivity contribution in [2.45, 2.75) is 38.6 Å². The minimum absolute atomic E-state index is 0.0266. The normalized spacial score (nSPS) is 26.8. The van der Waals surface area contributed by atoms with Crippen molar-refractivity contribution < 1.29 is 9.72 Å². The maximum absolute atomic E-state index is 11.0. The van der Waals surface area contributed by atoms with Gasteiger partial charge in [-0.2, -0.15) is 0 Å². The van der Waals surface area contributed by atoms with Gasteiger partial charge in [0.15, 0.2) is 0 Å². The lowest BCUT2D eigenvalue weighted by atomic mass is 9.84. The molecule has 4 heteroatoms. The van der Waals surface area contributed by atoms with Crippen LogP contribution in [0.2, 0.25) is 0 Å². The highest BCUT2D eigenvalue weighted by Gasteiger charge is 2.30. The van der Waals surface area contributed by atoms with E-state index in [1.165, 1.54) is 0 Å². The summed E-state index contributed by atoms with van der Waals surface area (Å²) in [5, 5.41) is 10.4. The second kappa shape index (κ2) is 3.65. The Morgan fingerprint density at radius 2 is 2.33 bits per heavy atom. The third-order valence-corrected chi connectivity index (χ3v) is 2.54. The van der Waals surface area contributed by atoms with E-state index in [0.717, 1.165) is 12.8 Å². The van der Waals surface area contributed by atoms with Gasteiger partial charge in [0.25, 0.3) is 0 Å². The Kier molecular flexibility index (Phi) is 2.78. The van der Waals surface area contributed by atoms with Crippen LogP contribution in [0.25, 0.3) is 0 Å². The number of rotatable bonds is 2. The summed E-state index contributed by atoms with van der Waals surface area (Å²) in [6.07, 6.45) is 2.67. The predicted octanol–water partition coefficient (Wildman–Crippen LogP) is 1.41. The van der Waals surface area contributed by atoms with Gasteiger partial charge in [0.05, 0.1) is 0 Å². The number of nitro groups is 1. The Balaban J connectivity index is 2.51. The smallest absolute Gasteiger partial charge is 0.213 e. The minimum Gasteiger partial charge on any atom is -0.300 e. The predicted molar refractivity (Wildman–Crippen MR) is 43.4 cm³/mol. The van der Waals surface area contributed by atoms with E-state index in [-0.39, 0.29) is 16.6 Å². The summed E-state index contributed by atoms with van der Waals surface area (Å²) in [6, 6.07) is -0.561. The van der Waals surface area contributed by atoms with E-state index in [1.54, 1.807) is 6.92 Å². The number of Topliss-reactive ketones (excluding diaryl/α,β-unsaturated/α-hetero) is 1. The quantitative estimate of drug-likeness (QED) is 0.466. The lowest BCUT2D eigenvalue weighted by molar-refractivity contribution is -0.528. The minimum atomic E-state index is -0.561. The lowest BCUT2D eigenvalue weighted by Crippen LogP contribution is -2.30. The molecule has 0 aromatic carbocycles. The molecule has 1 rings (SSSR count). The van der Waals surface area contributed by atoms with E-state index in [4.69, 9.17) is 0 Å². The van der Waals surface area contributed by atoms with E-state index in [9.17, 15) is 14.9 Å². The molecule has 0 spiro atoms. The molecule has 2 unspecified atom stereocenters. The zero-order chi connectivity index (χ0) is 9.14. The topological polar surface area (TPSA) is 60.2 Å². The third kappa shape index (κ3) is 2.03. The third-order valence-electron chi connectivity index (χ3n) is 2.54. The molecule has 0 bridgehead atoms.